The zero-order chi connectivity index (χ0) is 18.5. The van der Waals surface area contributed by atoms with Gasteiger partial charge in [-0.05, 0) is 29.0 Å². The average molecular weight is 372 g/mol. The van der Waals surface area contributed by atoms with Gasteiger partial charge in [0.2, 0.25) is 0 Å². The standard InChI is InChI=1S/C19H20N2O4S/c1-24-12-7-8-15(17(9-12)25-2)21-19(23)20-10-16(22)14-11-26-18-6-4-3-5-13(14)18/h3-9,11,16,22H,10H2,1-2H3,(H2,20,21,23). The Kier molecular flexibility index (Phi) is 5.60. The molecule has 0 aliphatic heterocycles. The van der Waals surface area contributed by atoms with Gasteiger partial charge in [0.05, 0.1) is 26.0 Å². The van der Waals surface area contributed by atoms with Gasteiger partial charge >= 0.3 is 6.03 Å². The fraction of sp³-hybridized carbons (Fsp3) is 0.211. The summed E-state index contributed by atoms with van der Waals surface area (Å²) in [6.45, 7) is 0.102. The van der Waals surface area contributed by atoms with E-state index in [4.69, 9.17) is 9.47 Å². The summed E-state index contributed by atoms with van der Waals surface area (Å²) in [7, 11) is 3.08. The maximum absolute atomic E-state index is 12.2. The molecule has 1 heterocycles. The first-order valence-corrected chi connectivity index (χ1v) is 8.91. The summed E-state index contributed by atoms with van der Waals surface area (Å²) < 4.78 is 11.5. The van der Waals surface area contributed by atoms with Crippen molar-refractivity contribution in [1.29, 1.82) is 0 Å². The Morgan fingerprint density at radius 2 is 2.00 bits per heavy atom. The van der Waals surface area contributed by atoms with Crippen molar-refractivity contribution in [3.63, 3.8) is 0 Å². The van der Waals surface area contributed by atoms with Gasteiger partial charge < -0.3 is 25.2 Å². The number of ether oxygens (including phenoxy) is 2. The second kappa shape index (κ2) is 8.07. The van der Waals surface area contributed by atoms with E-state index >= 15 is 0 Å². The minimum atomic E-state index is -0.783. The SMILES string of the molecule is COc1ccc(NC(=O)NCC(O)c2csc3ccccc23)c(OC)c1. The quantitative estimate of drug-likeness (QED) is 0.615. The van der Waals surface area contributed by atoms with Gasteiger partial charge in [-0.25, -0.2) is 4.79 Å². The molecule has 0 bridgehead atoms. The monoisotopic (exact) mass is 372 g/mol. The molecule has 0 saturated heterocycles. The summed E-state index contributed by atoms with van der Waals surface area (Å²) in [5.74, 6) is 1.12. The van der Waals surface area contributed by atoms with Crippen molar-refractivity contribution in [2.75, 3.05) is 26.1 Å². The second-order valence-electron chi connectivity index (χ2n) is 5.60. The lowest BCUT2D eigenvalue weighted by atomic mass is 10.1. The van der Waals surface area contributed by atoms with Gasteiger partial charge in [0.1, 0.15) is 11.5 Å². The number of amides is 2. The number of methoxy groups -OCH3 is 2. The molecule has 7 heteroatoms. The van der Waals surface area contributed by atoms with Crippen LogP contribution in [0.15, 0.2) is 47.8 Å². The molecule has 0 aliphatic rings. The van der Waals surface area contributed by atoms with Crippen LogP contribution < -0.4 is 20.1 Å². The molecule has 136 valence electrons. The van der Waals surface area contributed by atoms with Gasteiger partial charge in [0.25, 0.3) is 0 Å². The van der Waals surface area contributed by atoms with Crippen LogP contribution in [0.25, 0.3) is 10.1 Å². The van der Waals surface area contributed by atoms with Crippen molar-refractivity contribution in [2.45, 2.75) is 6.10 Å². The Morgan fingerprint density at radius 1 is 1.19 bits per heavy atom. The van der Waals surface area contributed by atoms with Crippen LogP contribution in [-0.2, 0) is 0 Å². The summed E-state index contributed by atoms with van der Waals surface area (Å²) >= 11 is 1.57. The van der Waals surface area contributed by atoms with Crippen molar-refractivity contribution in [3.05, 3.63) is 53.4 Å². The van der Waals surface area contributed by atoms with Gasteiger partial charge in [-0.2, -0.15) is 0 Å². The molecule has 3 rings (SSSR count). The van der Waals surface area contributed by atoms with Crippen molar-refractivity contribution < 1.29 is 19.4 Å². The third kappa shape index (κ3) is 3.89. The molecule has 0 radical (unpaired) electrons. The van der Waals surface area contributed by atoms with Gasteiger partial charge in [0.15, 0.2) is 0 Å². The number of aliphatic hydroxyl groups is 1. The molecule has 1 aromatic heterocycles. The molecule has 3 aromatic rings. The summed E-state index contributed by atoms with van der Waals surface area (Å²) in [6, 6.07) is 12.5. The zero-order valence-corrected chi connectivity index (χ0v) is 15.3. The second-order valence-corrected chi connectivity index (χ2v) is 6.52. The number of benzene rings is 2. The maximum atomic E-state index is 12.2. The Labute approximate surface area is 155 Å². The number of urea groups is 1. The van der Waals surface area contributed by atoms with Crippen LogP contribution in [0.2, 0.25) is 0 Å². The molecular formula is C19H20N2O4S. The predicted octanol–water partition coefficient (Wildman–Crippen LogP) is 3.77. The molecule has 0 saturated carbocycles. The lowest BCUT2D eigenvalue weighted by Crippen LogP contribution is -2.32. The molecule has 2 amide bonds. The Balaban J connectivity index is 1.62. The van der Waals surface area contributed by atoms with Crippen molar-refractivity contribution in [2.24, 2.45) is 0 Å². The van der Waals surface area contributed by atoms with Crippen molar-refractivity contribution >= 4 is 33.1 Å². The zero-order valence-electron chi connectivity index (χ0n) is 14.5. The van der Waals surface area contributed by atoms with Crippen LogP contribution in [-0.4, -0.2) is 31.9 Å². The number of carbonyl (C=O) groups is 1. The minimum absolute atomic E-state index is 0.102. The largest absolute Gasteiger partial charge is 0.497 e. The van der Waals surface area contributed by atoms with Crippen LogP contribution in [0.3, 0.4) is 0 Å². The van der Waals surface area contributed by atoms with E-state index in [1.54, 1.807) is 36.6 Å². The first kappa shape index (κ1) is 18.0. The Morgan fingerprint density at radius 3 is 2.77 bits per heavy atom. The minimum Gasteiger partial charge on any atom is -0.497 e. The molecule has 0 fully saturated rings. The van der Waals surface area contributed by atoms with Crippen LogP contribution in [0.5, 0.6) is 11.5 Å². The van der Waals surface area contributed by atoms with E-state index in [1.165, 1.54) is 7.11 Å². The molecule has 6 nitrogen and oxygen atoms in total. The number of anilines is 1. The number of hydrogen-bond acceptors (Lipinski definition) is 5. The Hall–Kier alpha value is -2.77. The topological polar surface area (TPSA) is 79.8 Å². The molecule has 0 spiro atoms. The first-order chi connectivity index (χ1) is 12.6. The highest BCUT2D eigenvalue weighted by Crippen LogP contribution is 2.30. The molecule has 1 unspecified atom stereocenters. The van der Waals surface area contributed by atoms with Crippen molar-refractivity contribution in [3.8, 4) is 11.5 Å². The van der Waals surface area contributed by atoms with E-state index in [0.29, 0.717) is 17.2 Å². The average Bonchev–Trinajstić information content (AvgIpc) is 3.10. The van der Waals surface area contributed by atoms with Crippen LogP contribution in [0.1, 0.15) is 11.7 Å². The van der Waals surface area contributed by atoms with E-state index < -0.39 is 12.1 Å². The van der Waals surface area contributed by atoms with Crippen LogP contribution in [0.4, 0.5) is 10.5 Å². The fourth-order valence-electron chi connectivity index (χ4n) is 2.62. The number of hydrogen-bond donors (Lipinski definition) is 3. The summed E-state index contributed by atoms with van der Waals surface area (Å²) in [5, 5.41) is 18.7. The summed E-state index contributed by atoms with van der Waals surface area (Å²) in [5.41, 5.74) is 1.33. The van der Waals surface area contributed by atoms with Crippen LogP contribution >= 0.6 is 11.3 Å². The smallest absolute Gasteiger partial charge is 0.319 e. The van der Waals surface area contributed by atoms with Gasteiger partial charge in [-0.1, -0.05) is 18.2 Å². The fourth-order valence-corrected chi connectivity index (χ4v) is 3.63. The normalized spacial score (nSPS) is 11.8. The number of rotatable bonds is 6. The Bertz CT molecular complexity index is 909. The first-order valence-electron chi connectivity index (χ1n) is 8.03. The molecule has 3 N–H and O–H groups in total. The van der Waals surface area contributed by atoms with Gasteiger partial charge in [-0.15, -0.1) is 11.3 Å². The van der Waals surface area contributed by atoms with Gasteiger partial charge in [-0.3, -0.25) is 0 Å². The summed E-state index contributed by atoms with van der Waals surface area (Å²) in [6.07, 6.45) is -0.783. The van der Waals surface area contributed by atoms with E-state index in [1.807, 2.05) is 29.6 Å². The lowest BCUT2D eigenvalue weighted by molar-refractivity contribution is 0.177. The summed E-state index contributed by atoms with van der Waals surface area (Å²) in [4.78, 5) is 12.2. The highest BCUT2D eigenvalue weighted by molar-refractivity contribution is 7.17. The molecular weight excluding hydrogens is 352 g/mol. The lowest BCUT2D eigenvalue weighted by Gasteiger charge is -2.14. The highest BCUT2D eigenvalue weighted by Gasteiger charge is 2.15. The predicted molar refractivity (Wildman–Crippen MR) is 103 cm³/mol. The molecule has 26 heavy (non-hydrogen) atoms. The number of nitrogens with one attached hydrogen (secondary N) is 2. The van der Waals surface area contributed by atoms with Gasteiger partial charge in [0, 0.05) is 22.9 Å². The highest BCUT2D eigenvalue weighted by atomic mass is 32.1. The van der Waals surface area contributed by atoms with Crippen LogP contribution in [0, 0.1) is 0 Å². The third-order valence-corrected chi connectivity index (χ3v) is 4.96. The van der Waals surface area contributed by atoms with Crippen molar-refractivity contribution in [1.82, 2.24) is 5.32 Å². The maximum Gasteiger partial charge on any atom is 0.319 e. The molecule has 0 aliphatic carbocycles. The van der Waals surface area contributed by atoms with E-state index in [-0.39, 0.29) is 6.54 Å². The third-order valence-electron chi connectivity index (χ3n) is 3.98. The number of thiophene rings is 1. The van der Waals surface area contributed by atoms with E-state index in [9.17, 15) is 9.90 Å². The van der Waals surface area contributed by atoms with E-state index in [0.717, 1.165) is 15.6 Å². The molecule has 1 atom stereocenters. The molecule has 2 aromatic carbocycles. The van der Waals surface area contributed by atoms with E-state index in [2.05, 4.69) is 10.6 Å². The number of aliphatic hydroxyl groups excluding tert-OH is 1. The number of fused-ring (bicyclic) bond motifs is 1. The number of carbonyl (C=O) groups excluding carboxylic acids is 1.